The van der Waals surface area contributed by atoms with E-state index < -0.39 is 11.9 Å². The normalized spacial score (nSPS) is 16.4. The van der Waals surface area contributed by atoms with Crippen LogP contribution in [0.25, 0.3) is 11.1 Å². The van der Waals surface area contributed by atoms with E-state index in [2.05, 4.69) is 30.9 Å². The molecule has 1 aliphatic heterocycles. The highest BCUT2D eigenvalue weighted by atomic mass is 19.4. The van der Waals surface area contributed by atoms with E-state index in [1.807, 2.05) is 25.1 Å². The third-order valence-corrected chi connectivity index (χ3v) is 4.99. The van der Waals surface area contributed by atoms with Crippen molar-refractivity contribution in [1.29, 1.82) is 0 Å². The summed E-state index contributed by atoms with van der Waals surface area (Å²) in [4.78, 5) is 23.2. The van der Waals surface area contributed by atoms with E-state index in [9.17, 15) is 18.0 Å². The number of carbonyl (C=O) groups excluding carboxylic acids is 1. The fourth-order valence-corrected chi connectivity index (χ4v) is 3.44. The minimum atomic E-state index is -4.54. The van der Waals surface area contributed by atoms with Crippen LogP contribution in [0.5, 0.6) is 0 Å². The molecule has 2 aromatic heterocycles. The lowest BCUT2D eigenvalue weighted by Gasteiger charge is -2.23. The molecule has 4 rings (SSSR count). The minimum Gasteiger partial charge on any atom is -0.366 e. The van der Waals surface area contributed by atoms with Crippen molar-refractivity contribution in [3.63, 3.8) is 0 Å². The maximum absolute atomic E-state index is 12.9. The van der Waals surface area contributed by atoms with Gasteiger partial charge >= 0.3 is 6.18 Å². The first-order valence-electron chi connectivity index (χ1n) is 10.0. The van der Waals surface area contributed by atoms with E-state index in [1.54, 1.807) is 18.3 Å². The van der Waals surface area contributed by atoms with Gasteiger partial charge in [-0.05, 0) is 54.8 Å². The molecule has 0 unspecified atom stereocenters. The molecule has 32 heavy (non-hydrogen) atoms. The van der Waals surface area contributed by atoms with E-state index >= 15 is 0 Å². The Bertz CT molecular complexity index is 1110. The first-order chi connectivity index (χ1) is 15.3. The molecule has 0 radical (unpaired) electrons. The number of pyridine rings is 1. The summed E-state index contributed by atoms with van der Waals surface area (Å²) in [6.07, 6.45) is -0.503. The van der Waals surface area contributed by atoms with Gasteiger partial charge in [0, 0.05) is 42.7 Å². The summed E-state index contributed by atoms with van der Waals surface area (Å²) in [6, 6.07) is 10.3. The van der Waals surface area contributed by atoms with Crippen LogP contribution >= 0.6 is 0 Å². The molecule has 0 aliphatic carbocycles. The molecule has 1 aromatic carbocycles. The highest BCUT2D eigenvalue weighted by Gasteiger charge is 2.32. The smallest absolute Gasteiger partial charge is 0.366 e. The highest BCUT2D eigenvalue weighted by molar-refractivity contribution is 5.77. The summed E-state index contributed by atoms with van der Waals surface area (Å²) in [6.45, 7) is 2.45. The van der Waals surface area contributed by atoms with Gasteiger partial charge in [0.15, 0.2) is 0 Å². The molecule has 166 valence electrons. The number of nitrogens with zero attached hydrogens (tertiary/aromatic N) is 3. The fourth-order valence-electron chi connectivity index (χ4n) is 3.44. The average Bonchev–Trinajstić information content (AvgIpc) is 2.75. The Balaban J connectivity index is 1.49. The van der Waals surface area contributed by atoms with Gasteiger partial charge in [0.2, 0.25) is 11.9 Å². The predicted molar refractivity (Wildman–Crippen MR) is 114 cm³/mol. The van der Waals surface area contributed by atoms with Crippen LogP contribution in [-0.2, 0) is 11.0 Å². The Labute approximate surface area is 182 Å². The molecule has 3 aromatic rings. The summed E-state index contributed by atoms with van der Waals surface area (Å²) < 4.78 is 38.7. The van der Waals surface area contributed by atoms with Crippen LogP contribution < -0.4 is 16.0 Å². The molecule has 10 heteroatoms. The maximum Gasteiger partial charge on any atom is 0.433 e. The SMILES string of the molecule is Cc1cc(Nc2nccc(C(F)(F)F)n2)cc(-c2ccc(N[C@H]3CCC(=O)NC3)nc2)c1. The second kappa shape index (κ2) is 8.81. The van der Waals surface area contributed by atoms with E-state index in [1.165, 1.54) is 0 Å². The number of aromatic nitrogens is 3. The Morgan fingerprint density at radius 3 is 2.62 bits per heavy atom. The average molecular weight is 442 g/mol. The number of piperidine rings is 1. The van der Waals surface area contributed by atoms with Crippen LogP contribution in [-0.4, -0.2) is 33.4 Å². The van der Waals surface area contributed by atoms with Gasteiger partial charge in [-0.15, -0.1) is 0 Å². The van der Waals surface area contributed by atoms with Gasteiger partial charge in [0.25, 0.3) is 0 Å². The number of hydrogen-bond donors (Lipinski definition) is 3. The molecule has 0 bridgehead atoms. The van der Waals surface area contributed by atoms with Crippen LogP contribution in [0.1, 0.15) is 24.1 Å². The molecular weight excluding hydrogens is 421 g/mol. The summed E-state index contributed by atoms with van der Waals surface area (Å²) in [5.74, 6) is 0.637. The van der Waals surface area contributed by atoms with Crippen molar-refractivity contribution in [3.8, 4) is 11.1 Å². The van der Waals surface area contributed by atoms with Gasteiger partial charge < -0.3 is 16.0 Å². The summed E-state index contributed by atoms with van der Waals surface area (Å²) in [7, 11) is 0. The summed E-state index contributed by atoms with van der Waals surface area (Å²) in [5.41, 5.74) is 2.18. The van der Waals surface area contributed by atoms with Crippen LogP contribution in [0.2, 0.25) is 0 Å². The molecular formula is C22H21F3N6O. The maximum atomic E-state index is 12.9. The number of amides is 1. The zero-order valence-corrected chi connectivity index (χ0v) is 17.2. The Hall–Kier alpha value is -3.69. The van der Waals surface area contributed by atoms with Crippen molar-refractivity contribution in [2.75, 3.05) is 17.2 Å². The van der Waals surface area contributed by atoms with Crippen molar-refractivity contribution in [2.24, 2.45) is 0 Å². The molecule has 1 fully saturated rings. The lowest BCUT2D eigenvalue weighted by atomic mass is 10.0. The van der Waals surface area contributed by atoms with E-state index in [0.29, 0.717) is 24.5 Å². The number of anilines is 3. The molecule has 1 saturated heterocycles. The number of carbonyl (C=O) groups is 1. The second-order valence-corrected chi connectivity index (χ2v) is 7.59. The number of rotatable bonds is 5. The van der Waals surface area contributed by atoms with Crippen LogP contribution in [0.4, 0.5) is 30.6 Å². The molecule has 3 heterocycles. The van der Waals surface area contributed by atoms with Gasteiger partial charge in [-0.25, -0.2) is 15.0 Å². The van der Waals surface area contributed by atoms with Gasteiger partial charge in [-0.2, -0.15) is 13.2 Å². The second-order valence-electron chi connectivity index (χ2n) is 7.59. The van der Waals surface area contributed by atoms with Crippen molar-refractivity contribution in [1.82, 2.24) is 20.3 Å². The molecule has 1 atom stereocenters. The lowest BCUT2D eigenvalue weighted by Crippen LogP contribution is -2.42. The standard InChI is InChI=1S/C22H21F3N6O/c1-13-8-15(10-17(9-13)30-21-26-7-6-18(31-21)22(23,24)25)14-2-4-19(27-11-14)29-16-3-5-20(32)28-12-16/h2,4,6-11,16H,3,5,12H2,1H3,(H,27,29)(H,28,32)(H,26,30,31)/t16-/m0/s1. The van der Waals surface area contributed by atoms with Crippen LogP contribution in [0.15, 0.2) is 48.8 Å². The quantitative estimate of drug-likeness (QED) is 0.546. The minimum absolute atomic E-state index is 0.0609. The third kappa shape index (κ3) is 5.32. The van der Waals surface area contributed by atoms with Crippen molar-refractivity contribution < 1.29 is 18.0 Å². The van der Waals surface area contributed by atoms with E-state index in [-0.39, 0.29) is 17.9 Å². The molecule has 1 amide bonds. The molecule has 7 nitrogen and oxygen atoms in total. The largest absolute Gasteiger partial charge is 0.433 e. The zero-order chi connectivity index (χ0) is 22.7. The zero-order valence-electron chi connectivity index (χ0n) is 17.2. The number of alkyl halides is 3. The fraction of sp³-hybridized carbons (Fsp3) is 0.273. The Kier molecular flexibility index (Phi) is 5.93. The van der Waals surface area contributed by atoms with Gasteiger partial charge in [0.05, 0.1) is 0 Å². The number of nitrogens with one attached hydrogen (secondary N) is 3. The number of benzene rings is 1. The summed E-state index contributed by atoms with van der Waals surface area (Å²) >= 11 is 0. The van der Waals surface area contributed by atoms with E-state index in [4.69, 9.17) is 0 Å². The lowest BCUT2D eigenvalue weighted by molar-refractivity contribution is -0.141. The molecule has 1 aliphatic rings. The predicted octanol–water partition coefficient (Wildman–Crippen LogP) is 4.30. The van der Waals surface area contributed by atoms with Gasteiger partial charge in [0.1, 0.15) is 11.5 Å². The third-order valence-electron chi connectivity index (χ3n) is 4.99. The monoisotopic (exact) mass is 442 g/mol. The van der Waals surface area contributed by atoms with Crippen LogP contribution in [0.3, 0.4) is 0 Å². The Morgan fingerprint density at radius 1 is 1.09 bits per heavy atom. The van der Waals surface area contributed by atoms with Crippen molar-refractivity contribution in [2.45, 2.75) is 32.0 Å². The number of hydrogen-bond acceptors (Lipinski definition) is 6. The molecule has 3 N–H and O–H groups in total. The number of halogens is 3. The van der Waals surface area contributed by atoms with Crippen molar-refractivity contribution in [3.05, 3.63) is 60.0 Å². The Morgan fingerprint density at radius 2 is 1.94 bits per heavy atom. The van der Waals surface area contributed by atoms with Crippen LogP contribution in [0, 0.1) is 6.92 Å². The van der Waals surface area contributed by atoms with E-state index in [0.717, 1.165) is 35.4 Å². The first-order valence-corrected chi connectivity index (χ1v) is 10.0. The topological polar surface area (TPSA) is 91.8 Å². The highest BCUT2D eigenvalue weighted by Crippen LogP contribution is 2.29. The summed E-state index contributed by atoms with van der Waals surface area (Å²) in [5, 5.41) is 8.98. The molecule has 0 saturated carbocycles. The van der Waals surface area contributed by atoms with Gasteiger partial charge in [-0.3, -0.25) is 4.79 Å². The first kappa shape index (κ1) is 21.5. The number of aryl methyl sites for hydroxylation is 1. The molecule has 0 spiro atoms. The van der Waals surface area contributed by atoms with Gasteiger partial charge in [-0.1, -0.05) is 6.07 Å². The van der Waals surface area contributed by atoms with Crippen molar-refractivity contribution >= 4 is 23.4 Å².